The zero-order valence-corrected chi connectivity index (χ0v) is 13.8. The molecule has 0 aliphatic heterocycles. The first-order valence-corrected chi connectivity index (χ1v) is 7.69. The van der Waals surface area contributed by atoms with E-state index in [1.54, 1.807) is 7.11 Å². The van der Waals surface area contributed by atoms with Crippen molar-refractivity contribution >= 4 is 11.6 Å². The van der Waals surface area contributed by atoms with E-state index in [1.807, 2.05) is 43.4 Å². The van der Waals surface area contributed by atoms with Crippen molar-refractivity contribution in [2.45, 2.75) is 13.0 Å². The average molecular weight is 320 g/mol. The van der Waals surface area contributed by atoms with Crippen LogP contribution in [0.2, 0.25) is 5.02 Å². The molecule has 3 nitrogen and oxygen atoms in total. The van der Waals surface area contributed by atoms with Gasteiger partial charge in [-0.05, 0) is 48.9 Å². The fourth-order valence-electron chi connectivity index (χ4n) is 2.10. The zero-order chi connectivity index (χ0) is 15.8. The molecular weight excluding hydrogens is 298 g/mol. The Morgan fingerprint density at radius 1 is 0.955 bits per heavy atom. The molecule has 0 unspecified atom stereocenters. The van der Waals surface area contributed by atoms with Crippen LogP contribution in [-0.2, 0) is 17.8 Å². The zero-order valence-electron chi connectivity index (χ0n) is 13.1. The minimum atomic E-state index is 0.549. The normalized spacial score (nSPS) is 10.9. The van der Waals surface area contributed by atoms with Crippen molar-refractivity contribution in [2.24, 2.45) is 0 Å². The third-order valence-corrected chi connectivity index (χ3v) is 3.63. The Morgan fingerprint density at radius 2 is 1.59 bits per heavy atom. The fourth-order valence-corrected chi connectivity index (χ4v) is 2.23. The van der Waals surface area contributed by atoms with Crippen molar-refractivity contribution in [1.82, 2.24) is 4.90 Å². The summed E-state index contributed by atoms with van der Waals surface area (Å²) in [5.74, 6) is 0.879. The van der Waals surface area contributed by atoms with Crippen LogP contribution in [0.3, 0.4) is 0 Å². The van der Waals surface area contributed by atoms with E-state index in [2.05, 4.69) is 17.0 Å². The molecule has 0 N–H and O–H groups in total. The monoisotopic (exact) mass is 319 g/mol. The van der Waals surface area contributed by atoms with Crippen LogP contribution in [0.1, 0.15) is 11.1 Å². The maximum absolute atomic E-state index is 5.87. The van der Waals surface area contributed by atoms with Gasteiger partial charge in [0, 0.05) is 18.7 Å². The molecule has 0 aromatic heterocycles. The fraction of sp³-hybridized carbons (Fsp3) is 0.333. The first-order chi connectivity index (χ1) is 10.7. The van der Waals surface area contributed by atoms with Gasteiger partial charge in [-0.2, -0.15) is 0 Å². The molecule has 0 fully saturated rings. The molecule has 0 aliphatic carbocycles. The van der Waals surface area contributed by atoms with Gasteiger partial charge in [0.2, 0.25) is 0 Å². The van der Waals surface area contributed by atoms with Gasteiger partial charge < -0.3 is 9.47 Å². The molecule has 0 bridgehead atoms. The predicted octanol–water partition coefficient (Wildman–Crippen LogP) is 4.00. The van der Waals surface area contributed by atoms with Gasteiger partial charge in [-0.25, -0.2) is 0 Å². The van der Waals surface area contributed by atoms with E-state index < -0.39 is 0 Å². The summed E-state index contributed by atoms with van der Waals surface area (Å²) in [5, 5.41) is 0.742. The summed E-state index contributed by atoms with van der Waals surface area (Å²) in [6.45, 7) is 2.17. The smallest absolute Gasteiger partial charge is 0.119 e. The Kier molecular flexibility index (Phi) is 6.72. The van der Waals surface area contributed by atoms with Crippen LogP contribution in [0, 0.1) is 0 Å². The van der Waals surface area contributed by atoms with E-state index in [9.17, 15) is 0 Å². The molecule has 0 spiro atoms. The third kappa shape index (κ3) is 5.68. The SMILES string of the molecule is COCN(C)CCc1ccc(OCc2ccc(Cl)cc2)cc1. The first-order valence-electron chi connectivity index (χ1n) is 7.31. The number of rotatable bonds is 8. The van der Waals surface area contributed by atoms with Crippen molar-refractivity contribution in [3.05, 3.63) is 64.7 Å². The van der Waals surface area contributed by atoms with Gasteiger partial charge in [-0.15, -0.1) is 0 Å². The molecule has 0 saturated carbocycles. The first kappa shape index (κ1) is 16.8. The highest BCUT2D eigenvalue weighted by atomic mass is 35.5. The molecule has 0 heterocycles. The Morgan fingerprint density at radius 3 is 2.23 bits per heavy atom. The van der Waals surface area contributed by atoms with Crippen LogP contribution in [0.15, 0.2) is 48.5 Å². The number of nitrogens with zero attached hydrogens (tertiary/aromatic N) is 1. The second-order valence-corrected chi connectivity index (χ2v) is 5.74. The van der Waals surface area contributed by atoms with Crippen molar-refractivity contribution in [3.8, 4) is 5.75 Å². The van der Waals surface area contributed by atoms with Gasteiger partial charge >= 0.3 is 0 Å². The van der Waals surface area contributed by atoms with Gasteiger partial charge in [-0.1, -0.05) is 35.9 Å². The molecule has 0 radical (unpaired) electrons. The molecule has 2 aromatic carbocycles. The van der Waals surface area contributed by atoms with Gasteiger partial charge in [0.1, 0.15) is 12.4 Å². The summed E-state index contributed by atoms with van der Waals surface area (Å²) in [6.07, 6.45) is 0.997. The Labute approximate surface area is 137 Å². The quantitative estimate of drug-likeness (QED) is 0.687. The van der Waals surface area contributed by atoms with Crippen LogP contribution in [0.4, 0.5) is 0 Å². The number of hydrogen-bond donors (Lipinski definition) is 0. The molecule has 118 valence electrons. The molecule has 4 heteroatoms. The third-order valence-electron chi connectivity index (χ3n) is 3.37. The van der Waals surface area contributed by atoms with Crippen LogP contribution >= 0.6 is 11.6 Å². The van der Waals surface area contributed by atoms with E-state index >= 15 is 0 Å². The van der Waals surface area contributed by atoms with E-state index in [1.165, 1.54) is 5.56 Å². The Hall–Kier alpha value is -1.55. The summed E-state index contributed by atoms with van der Waals surface area (Å²) >= 11 is 5.87. The molecule has 0 saturated heterocycles. The van der Waals surface area contributed by atoms with E-state index in [-0.39, 0.29) is 0 Å². The number of halogens is 1. The largest absolute Gasteiger partial charge is 0.489 e. The van der Waals surface area contributed by atoms with Crippen molar-refractivity contribution in [3.63, 3.8) is 0 Å². The number of ether oxygens (including phenoxy) is 2. The summed E-state index contributed by atoms with van der Waals surface area (Å²) in [6, 6.07) is 15.9. The van der Waals surface area contributed by atoms with E-state index in [0.717, 1.165) is 29.3 Å². The molecule has 2 aromatic rings. The molecule has 22 heavy (non-hydrogen) atoms. The highest BCUT2D eigenvalue weighted by Crippen LogP contribution is 2.16. The number of benzene rings is 2. The molecule has 0 atom stereocenters. The van der Waals surface area contributed by atoms with Crippen LogP contribution < -0.4 is 4.74 Å². The molecule has 2 rings (SSSR count). The summed E-state index contributed by atoms with van der Waals surface area (Å²) in [5.41, 5.74) is 2.40. The topological polar surface area (TPSA) is 21.7 Å². The van der Waals surface area contributed by atoms with Crippen molar-refractivity contribution in [2.75, 3.05) is 27.4 Å². The van der Waals surface area contributed by atoms with Gasteiger partial charge in [0.25, 0.3) is 0 Å². The summed E-state index contributed by atoms with van der Waals surface area (Å²) in [7, 11) is 3.76. The van der Waals surface area contributed by atoms with E-state index in [4.69, 9.17) is 21.1 Å². The second-order valence-electron chi connectivity index (χ2n) is 5.31. The molecular formula is C18H22ClNO2. The lowest BCUT2D eigenvalue weighted by Crippen LogP contribution is -2.23. The Bertz CT molecular complexity index is 554. The summed E-state index contributed by atoms with van der Waals surface area (Å²) < 4.78 is 10.9. The predicted molar refractivity (Wildman–Crippen MR) is 90.4 cm³/mol. The highest BCUT2D eigenvalue weighted by molar-refractivity contribution is 6.30. The van der Waals surface area contributed by atoms with Crippen molar-refractivity contribution in [1.29, 1.82) is 0 Å². The number of likely N-dealkylation sites (N-methyl/N-ethyl adjacent to an activating group) is 1. The molecule has 0 amide bonds. The van der Waals surface area contributed by atoms with Gasteiger partial charge in [-0.3, -0.25) is 4.90 Å². The standard InChI is InChI=1S/C18H22ClNO2/c1-20(14-21-2)12-11-15-5-9-18(10-6-15)22-13-16-3-7-17(19)8-4-16/h3-10H,11-14H2,1-2H3. The van der Waals surface area contributed by atoms with E-state index in [0.29, 0.717) is 13.3 Å². The lowest BCUT2D eigenvalue weighted by atomic mass is 10.1. The molecule has 0 aliphatic rings. The second kappa shape index (κ2) is 8.79. The maximum atomic E-state index is 5.87. The minimum Gasteiger partial charge on any atom is -0.489 e. The van der Waals surface area contributed by atoms with Crippen LogP contribution in [0.5, 0.6) is 5.75 Å². The van der Waals surface area contributed by atoms with Gasteiger partial charge in [0.15, 0.2) is 0 Å². The number of methoxy groups -OCH3 is 1. The van der Waals surface area contributed by atoms with Crippen LogP contribution in [0.25, 0.3) is 0 Å². The maximum Gasteiger partial charge on any atom is 0.119 e. The van der Waals surface area contributed by atoms with Gasteiger partial charge in [0.05, 0.1) is 6.73 Å². The lowest BCUT2D eigenvalue weighted by Gasteiger charge is -2.15. The Balaban J connectivity index is 1.80. The summed E-state index contributed by atoms with van der Waals surface area (Å²) in [4.78, 5) is 2.14. The average Bonchev–Trinajstić information content (AvgIpc) is 2.54. The van der Waals surface area contributed by atoms with Crippen LogP contribution in [-0.4, -0.2) is 32.3 Å². The minimum absolute atomic E-state index is 0.549. The lowest BCUT2D eigenvalue weighted by molar-refractivity contribution is 0.0827. The highest BCUT2D eigenvalue weighted by Gasteiger charge is 2.00. The number of hydrogen-bond acceptors (Lipinski definition) is 3. The van der Waals surface area contributed by atoms with Crippen molar-refractivity contribution < 1.29 is 9.47 Å².